The molecule has 0 aromatic heterocycles. The molecular weight excluding hydrogens is 298 g/mol. The van der Waals surface area contributed by atoms with E-state index in [9.17, 15) is 0 Å². The summed E-state index contributed by atoms with van der Waals surface area (Å²) >= 11 is 3.70. The van der Waals surface area contributed by atoms with Crippen LogP contribution in [0.4, 0.5) is 0 Å². The molecule has 0 aliphatic carbocycles. The summed E-state index contributed by atoms with van der Waals surface area (Å²) in [7, 11) is 0. The van der Waals surface area contributed by atoms with Crippen molar-refractivity contribution in [1.29, 1.82) is 0 Å². The van der Waals surface area contributed by atoms with Crippen molar-refractivity contribution in [3.05, 3.63) is 69.2 Å². The smallest absolute Gasteiger partial charge is 0.0590 e. The molecule has 0 spiro atoms. The average Bonchev–Trinajstić information content (AvgIpc) is 2.38. The van der Waals surface area contributed by atoms with Crippen molar-refractivity contribution in [2.45, 2.75) is 26.8 Å². The van der Waals surface area contributed by atoms with Crippen LogP contribution in [0.5, 0.6) is 0 Å². The van der Waals surface area contributed by atoms with Gasteiger partial charge in [0.05, 0.1) is 6.04 Å². The van der Waals surface area contributed by atoms with E-state index in [1.807, 2.05) is 0 Å². The molecule has 1 atom stereocenters. The summed E-state index contributed by atoms with van der Waals surface area (Å²) in [5.41, 5.74) is 5.23. The van der Waals surface area contributed by atoms with Gasteiger partial charge in [-0.25, -0.2) is 0 Å². The number of hydrogen-bond acceptors (Lipinski definition) is 1. The first-order valence-electron chi connectivity index (χ1n) is 6.68. The second kappa shape index (κ2) is 6.36. The Bertz CT molecular complexity index is 563. The third kappa shape index (κ3) is 3.26. The Kier molecular flexibility index (Phi) is 4.78. The Labute approximate surface area is 124 Å². The molecule has 1 nitrogen and oxygen atoms in total. The predicted molar refractivity (Wildman–Crippen MR) is 85.6 cm³/mol. The van der Waals surface area contributed by atoms with Gasteiger partial charge in [0.2, 0.25) is 0 Å². The number of aryl methyl sites for hydroxylation is 2. The fourth-order valence-electron chi connectivity index (χ4n) is 2.37. The van der Waals surface area contributed by atoms with E-state index in [0.29, 0.717) is 0 Å². The minimum absolute atomic E-state index is 0.237. The summed E-state index contributed by atoms with van der Waals surface area (Å²) in [6, 6.07) is 15.4. The molecule has 2 aromatic carbocycles. The highest BCUT2D eigenvalue weighted by Gasteiger charge is 2.17. The maximum atomic E-state index is 3.70. The van der Waals surface area contributed by atoms with E-state index in [1.165, 1.54) is 26.7 Å². The second-order valence-electron chi connectivity index (χ2n) is 4.87. The molecule has 100 valence electrons. The van der Waals surface area contributed by atoms with Crippen LogP contribution in [0.15, 0.2) is 46.9 Å². The standard InChI is InChI=1S/C17H20BrN/c1-4-19-17(14-8-6-5-7-13(14)3)15-10-9-12(2)11-16(15)18/h5-11,17,19H,4H2,1-3H3. The zero-order valence-electron chi connectivity index (χ0n) is 11.7. The lowest BCUT2D eigenvalue weighted by Crippen LogP contribution is -2.23. The molecule has 0 aliphatic heterocycles. The highest BCUT2D eigenvalue weighted by atomic mass is 79.9. The molecule has 0 saturated heterocycles. The average molecular weight is 318 g/mol. The normalized spacial score (nSPS) is 12.4. The SMILES string of the molecule is CCNC(c1ccccc1C)c1ccc(C)cc1Br. The fourth-order valence-corrected chi connectivity index (χ4v) is 3.09. The first kappa shape index (κ1) is 14.3. The minimum Gasteiger partial charge on any atom is -0.306 e. The quantitative estimate of drug-likeness (QED) is 0.856. The molecule has 19 heavy (non-hydrogen) atoms. The Balaban J connectivity index is 2.48. The van der Waals surface area contributed by atoms with Gasteiger partial charge >= 0.3 is 0 Å². The van der Waals surface area contributed by atoms with Gasteiger partial charge in [0.1, 0.15) is 0 Å². The van der Waals surface area contributed by atoms with Gasteiger partial charge in [0.15, 0.2) is 0 Å². The molecule has 0 bridgehead atoms. The molecule has 1 N–H and O–H groups in total. The van der Waals surface area contributed by atoms with Crippen molar-refractivity contribution in [2.75, 3.05) is 6.54 Å². The number of halogens is 1. The van der Waals surface area contributed by atoms with Crippen molar-refractivity contribution in [3.63, 3.8) is 0 Å². The van der Waals surface area contributed by atoms with Crippen LogP contribution in [0, 0.1) is 13.8 Å². The van der Waals surface area contributed by atoms with E-state index in [1.54, 1.807) is 0 Å². The molecule has 2 heteroatoms. The Morgan fingerprint density at radius 3 is 2.42 bits per heavy atom. The third-order valence-corrected chi connectivity index (χ3v) is 4.06. The minimum atomic E-state index is 0.237. The maximum absolute atomic E-state index is 3.70. The van der Waals surface area contributed by atoms with Crippen LogP contribution < -0.4 is 5.32 Å². The highest BCUT2D eigenvalue weighted by Crippen LogP contribution is 2.30. The van der Waals surface area contributed by atoms with Crippen LogP contribution in [-0.4, -0.2) is 6.54 Å². The monoisotopic (exact) mass is 317 g/mol. The van der Waals surface area contributed by atoms with Gasteiger partial charge in [-0.3, -0.25) is 0 Å². The molecule has 0 fully saturated rings. The van der Waals surface area contributed by atoms with E-state index in [2.05, 4.69) is 84.5 Å². The van der Waals surface area contributed by atoms with Crippen LogP contribution in [0.1, 0.15) is 35.2 Å². The lowest BCUT2D eigenvalue weighted by molar-refractivity contribution is 0.625. The lowest BCUT2D eigenvalue weighted by Gasteiger charge is -2.22. The van der Waals surface area contributed by atoms with Gasteiger partial charge in [0.25, 0.3) is 0 Å². The molecule has 1 unspecified atom stereocenters. The van der Waals surface area contributed by atoms with E-state index in [4.69, 9.17) is 0 Å². The van der Waals surface area contributed by atoms with Crippen molar-refractivity contribution < 1.29 is 0 Å². The van der Waals surface area contributed by atoms with Crippen molar-refractivity contribution in [2.24, 2.45) is 0 Å². The highest BCUT2D eigenvalue weighted by molar-refractivity contribution is 9.10. The Hall–Kier alpha value is -1.12. The van der Waals surface area contributed by atoms with Crippen LogP contribution in [0.25, 0.3) is 0 Å². The van der Waals surface area contributed by atoms with Crippen molar-refractivity contribution in [3.8, 4) is 0 Å². The molecule has 0 amide bonds. The summed E-state index contributed by atoms with van der Waals surface area (Å²) in [5.74, 6) is 0. The third-order valence-electron chi connectivity index (χ3n) is 3.37. The lowest BCUT2D eigenvalue weighted by atomic mass is 9.94. The van der Waals surface area contributed by atoms with E-state index >= 15 is 0 Å². The van der Waals surface area contributed by atoms with E-state index in [0.717, 1.165) is 6.54 Å². The fraction of sp³-hybridized carbons (Fsp3) is 0.294. The summed E-state index contributed by atoms with van der Waals surface area (Å²) in [4.78, 5) is 0. The Morgan fingerprint density at radius 1 is 1.05 bits per heavy atom. The molecule has 0 aliphatic rings. The summed E-state index contributed by atoms with van der Waals surface area (Å²) < 4.78 is 1.17. The van der Waals surface area contributed by atoms with Gasteiger partial charge < -0.3 is 5.32 Å². The largest absolute Gasteiger partial charge is 0.306 e. The molecule has 0 radical (unpaired) electrons. The van der Waals surface area contributed by atoms with Gasteiger partial charge in [-0.05, 0) is 48.7 Å². The first-order chi connectivity index (χ1) is 9.13. The second-order valence-corrected chi connectivity index (χ2v) is 5.73. The van der Waals surface area contributed by atoms with Gasteiger partial charge in [-0.2, -0.15) is 0 Å². The number of hydrogen-bond donors (Lipinski definition) is 1. The van der Waals surface area contributed by atoms with Gasteiger partial charge in [-0.1, -0.05) is 59.3 Å². The van der Waals surface area contributed by atoms with Crippen LogP contribution >= 0.6 is 15.9 Å². The topological polar surface area (TPSA) is 12.0 Å². The van der Waals surface area contributed by atoms with Crippen molar-refractivity contribution in [1.82, 2.24) is 5.32 Å². The van der Waals surface area contributed by atoms with Crippen molar-refractivity contribution >= 4 is 15.9 Å². The molecule has 0 saturated carbocycles. The first-order valence-corrected chi connectivity index (χ1v) is 7.47. The molecule has 2 rings (SSSR count). The summed E-state index contributed by atoms with van der Waals surface area (Å²) in [6.07, 6.45) is 0. The van der Waals surface area contributed by atoms with Crippen LogP contribution in [-0.2, 0) is 0 Å². The van der Waals surface area contributed by atoms with Crippen LogP contribution in [0.3, 0.4) is 0 Å². The zero-order chi connectivity index (χ0) is 13.8. The van der Waals surface area contributed by atoms with E-state index in [-0.39, 0.29) is 6.04 Å². The van der Waals surface area contributed by atoms with E-state index < -0.39 is 0 Å². The summed E-state index contributed by atoms with van der Waals surface area (Å²) in [6.45, 7) is 7.37. The maximum Gasteiger partial charge on any atom is 0.0590 e. The van der Waals surface area contributed by atoms with Gasteiger partial charge in [0, 0.05) is 4.47 Å². The number of benzene rings is 2. The molecular formula is C17H20BrN. The molecule has 0 heterocycles. The number of rotatable bonds is 4. The molecule has 2 aromatic rings. The van der Waals surface area contributed by atoms with Crippen LogP contribution in [0.2, 0.25) is 0 Å². The predicted octanol–water partition coefficient (Wildman–Crippen LogP) is 4.76. The van der Waals surface area contributed by atoms with Gasteiger partial charge in [-0.15, -0.1) is 0 Å². The summed E-state index contributed by atoms with van der Waals surface area (Å²) in [5, 5.41) is 3.59. The Morgan fingerprint density at radius 2 is 1.79 bits per heavy atom. The number of nitrogens with one attached hydrogen (secondary N) is 1. The zero-order valence-corrected chi connectivity index (χ0v) is 13.3.